The molecule has 3 rings (SSSR count). The van der Waals surface area contributed by atoms with Crippen molar-refractivity contribution >= 4 is 29.1 Å². The van der Waals surface area contributed by atoms with E-state index in [2.05, 4.69) is 10.6 Å². The normalized spacial score (nSPS) is 14.6. The monoisotopic (exact) mass is 384 g/mol. The van der Waals surface area contributed by atoms with Crippen LogP contribution in [0.25, 0.3) is 0 Å². The van der Waals surface area contributed by atoms with Gasteiger partial charge < -0.3 is 10.6 Å². The Bertz CT molecular complexity index is 786. The van der Waals surface area contributed by atoms with Crippen molar-refractivity contribution in [1.29, 1.82) is 0 Å². The highest BCUT2D eigenvalue weighted by molar-refractivity contribution is 6.34. The quantitative estimate of drug-likeness (QED) is 0.738. The number of rotatable bonds is 6. The minimum atomic E-state index is -0.174. The van der Waals surface area contributed by atoms with E-state index in [1.54, 1.807) is 18.2 Å². The second kappa shape index (κ2) is 9.56. The Morgan fingerprint density at radius 3 is 2.48 bits per heavy atom. The molecule has 0 radical (unpaired) electrons. The Labute approximate surface area is 165 Å². The summed E-state index contributed by atoms with van der Waals surface area (Å²) >= 11 is 6.21. The van der Waals surface area contributed by atoms with Crippen LogP contribution in [0.15, 0.2) is 48.5 Å². The summed E-state index contributed by atoms with van der Waals surface area (Å²) in [5.41, 5.74) is 2.12. The molecule has 0 aromatic heterocycles. The summed E-state index contributed by atoms with van der Waals surface area (Å²) in [7, 11) is 0. The van der Waals surface area contributed by atoms with Gasteiger partial charge >= 0.3 is 0 Å². The maximum atomic E-state index is 12.6. The van der Waals surface area contributed by atoms with Crippen molar-refractivity contribution in [2.24, 2.45) is 0 Å². The van der Waals surface area contributed by atoms with Crippen LogP contribution in [0.4, 0.5) is 5.69 Å². The van der Waals surface area contributed by atoms with Gasteiger partial charge in [-0.15, -0.1) is 0 Å². The summed E-state index contributed by atoms with van der Waals surface area (Å²) in [5, 5.41) is 6.32. The van der Waals surface area contributed by atoms with Gasteiger partial charge in [0.2, 0.25) is 5.91 Å². The first-order valence-electron chi connectivity index (χ1n) is 9.56. The van der Waals surface area contributed by atoms with E-state index in [4.69, 9.17) is 11.6 Å². The second-order valence-corrected chi connectivity index (χ2v) is 7.44. The first-order valence-corrected chi connectivity index (χ1v) is 9.94. The molecule has 0 saturated heterocycles. The average Bonchev–Trinajstić information content (AvgIpc) is 2.69. The van der Waals surface area contributed by atoms with Gasteiger partial charge in [-0.2, -0.15) is 0 Å². The summed E-state index contributed by atoms with van der Waals surface area (Å²) in [4.78, 5) is 24.8. The highest BCUT2D eigenvalue weighted by Gasteiger charge is 2.19. The number of nitrogens with one attached hydrogen (secondary N) is 2. The molecular formula is C22H25ClN2O2. The van der Waals surface area contributed by atoms with Crippen molar-refractivity contribution in [1.82, 2.24) is 5.32 Å². The molecule has 4 nitrogen and oxygen atoms in total. The fourth-order valence-electron chi connectivity index (χ4n) is 3.41. The molecule has 1 aliphatic carbocycles. The lowest BCUT2D eigenvalue weighted by atomic mass is 9.95. The molecular weight excluding hydrogens is 360 g/mol. The molecule has 142 valence electrons. The Balaban J connectivity index is 1.58. The number of anilines is 1. The molecule has 2 N–H and O–H groups in total. The van der Waals surface area contributed by atoms with Crippen LogP contribution in [0.3, 0.4) is 0 Å². The van der Waals surface area contributed by atoms with Gasteiger partial charge in [-0.3, -0.25) is 9.59 Å². The van der Waals surface area contributed by atoms with Gasteiger partial charge in [0.05, 0.1) is 10.6 Å². The summed E-state index contributed by atoms with van der Waals surface area (Å²) in [6, 6.07) is 15.1. The molecule has 0 spiro atoms. The molecule has 2 amide bonds. The van der Waals surface area contributed by atoms with E-state index < -0.39 is 0 Å². The molecule has 0 aliphatic heterocycles. The van der Waals surface area contributed by atoms with E-state index in [-0.39, 0.29) is 17.9 Å². The van der Waals surface area contributed by atoms with Gasteiger partial charge in [-0.05, 0) is 43.0 Å². The number of benzene rings is 2. The molecule has 1 aliphatic rings. The summed E-state index contributed by atoms with van der Waals surface area (Å²) in [6.45, 7) is 0. The lowest BCUT2D eigenvalue weighted by Crippen LogP contribution is -2.36. The molecule has 27 heavy (non-hydrogen) atoms. The second-order valence-electron chi connectivity index (χ2n) is 7.04. The van der Waals surface area contributed by atoms with Crippen LogP contribution >= 0.6 is 11.6 Å². The minimum absolute atomic E-state index is 0.0835. The summed E-state index contributed by atoms with van der Waals surface area (Å²) in [6.07, 6.45) is 6.62. The van der Waals surface area contributed by atoms with Crippen LogP contribution < -0.4 is 10.6 Å². The van der Waals surface area contributed by atoms with Gasteiger partial charge in [0, 0.05) is 18.2 Å². The maximum absolute atomic E-state index is 12.6. The molecule has 0 unspecified atom stereocenters. The molecule has 0 atom stereocenters. The fourth-order valence-corrected chi connectivity index (χ4v) is 3.62. The lowest BCUT2D eigenvalue weighted by Gasteiger charge is -2.23. The topological polar surface area (TPSA) is 58.2 Å². The minimum Gasteiger partial charge on any atom is -0.349 e. The largest absolute Gasteiger partial charge is 0.349 e. The zero-order valence-electron chi connectivity index (χ0n) is 15.3. The molecule has 1 fully saturated rings. The van der Waals surface area contributed by atoms with Crippen molar-refractivity contribution < 1.29 is 9.59 Å². The van der Waals surface area contributed by atoms with Gasteiger partial charge in [-0.25, -0.2) is 0 Å². The molecule has 0 heterocycles. The van der Waals surface area contributed by atoms with Crippen molar-refractivity contribution in [3.05, 3.63) is 64.7 Å². The van der Waals surface area contributed by atoms with Crippen LogP contribution in [0.2, 0.25) is 5.02 Å². The molecule has 1 saturated carbocycles. The third kappa shape index (κ3) is 5.83. The Kier molecular flexibility index (Phi) is 6.88. The smallest absolute Gasteiger partial charge is 0.253 e. The molecule has 2 aromatic rings. The Morgan fingerprint density at radius 1 is 1.00 bits per heavy atom. The third-order valence-corrected chi connectivity index (χ3v) is 5.25. The van der Waals surface area contributed by atoms with Crippen molar-refractivity contribution in [2.45, 2.75) is 51.0 Å². The van der Waals surface area contributed by atoms with Gasteiger partial charge in [0.1, 0.15) is 0 Å². The number of amides is 2. The van der Waals surface area contributed by atoms with Crippen molar-refractivity contribution in [3.8, 4) is 0 Å². The van der Waals surface area contributed by atoms with Crippen LogP contribution in [0.5, 0.6) is 0 Å². The molecule has 5 heteroatoms. The average molecular weight is 385 g/mol. The van der Waals surface area contributed by atoms with E-state index in [0.29, 0.717) is 29.1 Å². The van der Waals surface area contributed by atoms with Crippen LogP contribution in [-0.4, -0.2) is 17.9 Å². The van der Waals surface area contributed by atoms with Crippen molar-refractivity contribution in [3.63, 3.8) is 0 Å². The number of carbonyl (C=O) groups is 2. The van der Waals surface area contributed by atoms with Gasteiger partial charge in [0.15, 0.2) is 0 Å². The van der Waals surface area contributed by atoms with E-state index >= 15 is 0 Å². The highest BCUT2D eigenvalue weighted by atomic mass is 35.5. The number of carbonyl (C=O) groups excluding carboxylic acids is 2. The standard InChI is InChI=1S/C22H25ClN2O2/c23-20-13-12-18(24-21(26)14-11-16-7-3-1-4-8-16)15-19(20)22(27)25-17-9-5-2-6-10-17/h1,3-4,7-8,12-13,15,17H,2,5-6,9-11,14H2,(H,24,26)(H,25,27). The van der Waals surface area contributed by atoms with Crippen LogP contribution in [-0.2, 0) is 11.2 Å². The lowest BCUT2D eigenvalue weighted by molar-refractivity contribution is -0.116. The van der Waals surface area contributed by atoms with E-state index in [1.165, 1.54) is 6.42 Å². The summed E-state index contributed by atoms with van der Waals surface area (Å²) in [5.74, 6) is -0.257. The van der Waals surface area contributed by atoms with E-state index in [0.717, 1.165) is 31.2 Å². The zero-order chi connectivity index (χ0) is 19.1. The molecule has 0 bridgehead atoms. The van der Waals surface area contributed by atoms with Gasteiger partial charge in [0.25, 0.3) is 5.91 Å². The van der Waals surface area contributed by atoms with E-state index in [1.807, 2.05) is 30.3 Å². The first kappa shape index (κ1) is 19.4. The number of hydrogen-bond donors (Lipinski definition) is 2. The highest BCUT2D eigenvalue weighted by Crippen LogP contribution is 2.23. The maximum Gasteiger partial charge on any atom is 0.253 e. The summed E-state index contributed by atoms with van der Waals surface area (Å²) < 4.78 is 0. The number of halogens is 1. The van der Waals surface area contributed by atoms with Crippen LogP contribution in [0.1, 0.15) is 54.4 Å². The first-order chi connectivity index (χ1) is 13.1. The van der Waals surface area contributed by atoms with Crippen LogP contribution in [0, 0.1) is 0 Å². The van der Waals surface area contributed by atoms with Gasteiger partial charge in [-0.1, -0.05) is 61.2 Å². The molecule has 2 aromatic carbocycles. The predicted octanol–water partition coefficient (Wildman–Crippen LogP) is 4.97. The van der Waals surface area contributed by atoms with E-state index in [9.17, 15) is 9.59 Å². The Morgan fingerprint density at radius 2 is 1.74 bits per heavy atom. The Hall–Kier alpha value is -2.33. The van der Waals surface area contributed by atoms with Crippen molar-refractivity contribution in [2.75, 3.05) is 5.32 Å². The zero-order valence-corrected chi connectivity index (χ0v) is 16.1. The SMILES string of the molecule is O=C(CCc1ccccc1)Nc1ccc(Cl)c(C(=O)NC2CCCCC2)c1. The fraction of sp³-hybridized carbons (Fsp3) is 0.364. The number of hydrogen-bond acceptors (Lipinski definition) is 2. The third-order valence-electron chi connectivity index (χ3n) is 4.92. The predicted molar refractivity (Wildman–Crippen MR) is 109 cm³/mol. The number of aryl methyl sites for hydroxylation is 1.